The van der Waals surface area contributed by atoms with Gasteiger partial charge in [-0.1, -0.05) is 51.6 Å². The van der Waals surface area contributed by atoms with Gasteiger partial charge in [-0.05, 0) is 25.3 Å². The number of hydrogen-bond acceptors (Lipinski definition) is 4. The molecule has 0 aliphatic rings. The highest BCUT2D eigenvalue weighted by Crippen LogP contribution is 2.37. The Bertz CT molecular complexity index is 627. The Morgan fingerprint density at radius 1 is 1.07 bits per heavy atom. The van der Waals surface area contributed by atoms with E-state index in [1.165, 1.54) is 12.3 Å². The van der Waals surface area contributed by atoms with Gasteiger partial charge in [-0.25, -0.2) is 0 Å². The zero-order chi connectivity index (χ0) is 20.3. The lowest BCUT2D eigenvalue weighted by atomic mass is 10.2. The van der Waals surface area contributed by atoms with Crippen molar-refractivity contribution in [3.63, 3.8) is 0 Å². The Morgan fingerprint density at radius 3 is 2.33 bits per heavy atom. The second-order valence-electron chi connectivity index (χ2n) is 5.04. The highest BCUT2D eigenvalue weighted by atomic mass is 35.5. The lowest BCUT2D eigenvalue weighted by Gasteiger charge is -2.12. The summed E-state index contributed by atoms with van der Waals surface area (Å²) in [6.07, 6.45) is 0.0620. The van der Waals surface area contributed by atoms with Crippen LogP contribution < -0.4 is 9.47 Å². The molecule has 1 aromatic carbocycles. The predicted octanol–water partition coefficient (Wildman–Crippen LogP) is 6.81. The summed E-state index contributed by atoms with van der Waals surface area (Å²) < 4.78 is 46.5. The van der Waals surface area contributed by atoms with Gasteiger partial charge in [0.25, 0.3) is 0 Å². The van der Waals surface area contributed by atoms with E-state index in [9.17, 15) is 13.2 Å². The van der Waals surface area contributed by atoms with E-state index >= 15 is 0 Å². The Hall–Kier alpha value is -1.02. The van der Waals surface area contributed by atoms with Crippen molar-refractivity contribution in [2.75, 3.05) is 19.8 Å². The average molecular weight is 469 g/mol. The number of alkyl halides is 3. The molecule has 152 valence electrons. The van der Waals surface area contributed by atoms with E-state index in [1.54, 1.807) is 12.1 Å². The number of halogens is 7. The quantitative estimate of drug-likeness (QED) is 0.203. The van der Waals surface area contributed by atoms with Crippen molar-refractivity contribution >= 4 is 52.6 Å². The molecule has 0 aliphatic carbocycles. The van der Waals surface area contributed by atoms with Crippen LogP contribution >= 0.6 is 46.4 Å². The van der Waals surface area contributed by atoms with E-state index in [-0.39, 0.29) is 21.1 Å². The van der Waals surface area contributed by atoms with Crippen molar-refractivity contribution < 1.29 is 27.5 Å². The van der Waals surface area contributed by atoms with Crippen LogP contribution in [0.15, 0.2) is 27.9 Å². The molecule has 1 aromatic rings. The maximum absolute atomic E-state index is 11.8. The van der Waals surface area contributed by atoms with E-state index in [2.05, 4.69) is 9.99 Å². The van der Waals surface area contributed by atoms with Crippen LogP contribution in [0.4, 0.5) is 13.2 Å². The lowest BCUT2D eigenvalue weighted by molar-refractivity contribution is -0.173. The second kappa shape index (κ2) is 12.4. The first-order valence-electron chi connectivity index (χ1n) is 7.65. The van der Waals surface area contributed by atoms with Gasteiger partial charge in [-0.2, -0.15) is 13.2 Å². The topological polar surface area (TPSA) is 40.0 Å². The normalized spacial score (nSPS) is 11.5. The molecule has 0 bridgehead atoms. The fraction of sp³-hybridized carbons (Fsp3) is 0.438. The largest absolute Gasteiger partial charge is 0.490 e. The van der Waals surface area contributed by atoms with Crippen LogP contribution in [0.25, 0.3) is 0 Å². The third kappa shape index (κ3) is 11.4. The van der Waals surface area contributed by atoms with Crippen LogP contribution in [0.1, 0.15) is 19.3 Å². The summed E-state index contributed by atoms with van der Waals surface area (Å²) in [5.74, 6) is 0.747. The summed E-state index contributed by atoms with van der Waals surface area (Å²) in [5.41, 5.74) is 0. The van der Waals surface area contributed by atoms with Gasteiger partial charge >= 0.3 is 6.18 Å². The fourth-order valence-corrected chi connectivity index (χ4v) is 2.39. The van der Waals surface area contributed by atoms with Crippen molar-refractivity contribution in [3.05, 3.63) is 32.7 Å². The van der Waals surface area contributed by atoms with Gasteiger partial charge in [0.05, 0.1) is 16.7 Å². The van der Waals surface area contributed by atoms with Crippen LogP contribution in [0.5, 0.6) is 11.5 Å². The molecule has 0 N–H and O–H groups in total. The molecular formula is C16H16Cl4F3NO3. The zero-order valence-electron chi connectivity index (χ0n) is 13.9. The fourth-order valence-electron chi connectivity index (χ4n) is 1.69. The minimum Gasteiger partial charge on any atom is -0.490 e. The number of benzene rings is 1. The minimum atomic E-state index is -4.39. The van der Waals surface area contributed by atoms with Crippen molar-refractivity contribution in [2.45, 2.75) is 25.4 Å². The highest BCUT2D eigenvalue weighted by molar-refractivity contribution is 6.55. The number of unbranched alkanes of at least 4 members (excludes halogenated alkanes) is 2. The first-order valence-corrected chi connectivity index (χ1v) is 9.16. The molecule has 0 spiro atoms. The first-order chi connectivity index (χ1) is 12.7. The van der Waals surface area contributed by atoms with Gasteiger partial charge in [0, 0.05) is 18.3 Å². The molecule has 1 rings (SSSR count). The van der Waals surface area contributed by atoms with Crippen molar-refractivity contribution in [1.82, 2.24) is 0 Å². The summed E-state index contributed by atoms with van der Waals surface area (Å²) in [4.78, 5) is 4.11. The molecule has 0 amide bonds. The van der Waals surface area contributed by atoms with Crippen LogP contribution in [0, 0.1) is 0 Å². The Kier molecular flexibility index (Phi) is 11.1. The van der Waals surface area contributed by atoms with Crippen LogP contribution in [-0.4, -0.2) is 32.2 Å². The van der Waals surface area contributed by atoms with Gasteiger partial charge in [-0.3, -0.25) is 0 Å². The molecule has 0 fully saturated rings. The Balaban J connectivity index is 2.32. The summed E-state index contributed by atoms with van der Waals surface area (Å²) in [6.45, 7) is -0.927. The molecule has 0 radical (unpaired) electrons. The minimum absolute atomic E-state index is 0.0871. The third-order valence-electron chi connectivity index (χ3n) is 2.81. The van der Waals surface area contributed by atoms with Crippen molar-refractivity contribution in [1.29, 1.82) is 0 Å². The van der Waals surface area contributed by atoms with Gasteiger partial charge in [0.2, 0.25) is 6.61 Å². The monoisotopic (exact) mass is 467 g/mol. The SMILES string of the molecule is FC(F)(F)CO/N=C/CCCCOc1c(Cl)cc(OCC=C(Cl)Cl)cc1Cl. The molecule has 0 saturated carbocycles. The third-order valence-corrected chi connectivity index (χ3v) is 3.68. The molecule has 11 heteroatoms. The highest BCUT2D eigenvalue weighted by Gasteiger charge is 2.28. The lowest BCUT2D eigenvalue weighted by Crippen LogP contribution is -2.14. The molecule has 0 heterocycles. The number of hydrogen-bond donors (Lipinski definition) is 0. The molecule has 4 nitrogen and oxygen atoms in total. The van der Waals surface area contributed by atoms with E-state index in [0.717, 1.165) is 0 Å². The van der Waals surface area contributed by atoms with Gasteiger partial charge in [-0.15, -0.1) is 0 Å². The smallest absolute Gasteiger partial charge is 0.425 e. The summed E-state index contributed by atoms with van der Waals surface area (Å²) in [7, 11) is 0. The summed E-state index contributed by atoms with van der Waals surface area (Å²) >= 11 is 23.2. The van der Waals surface area contributed by atoms with Gasteiger partial charge in [0.15, 0.2) is 5.75 Å². The summed E-state index contributed by atoms with van der Waals surface area (Å²) in [6, 6.07) is 3.09. The number of oxime groups is 1. The summed E-state index contributed by atoms with van der Waals surface area (Å²) in [5, 5.41) is 3.78. The Labute approximate surface area is 174 Å². The number of rotatable bonds is 11. The molecule has 0 saturated heterocycles. The maximum Gasteiger partial charge on any atom is 0.425 e. The number of ether oxygens (including phenoxy) is 2. The van der Waals surface area contributed by atoms with Crippen molar-refractivity contribution in [3.8, 4) is 11.5 Å². The van der Waals surface area contributed by atoms with Crippen LogP contribution in [0.2, 0.25) is 10.0 Å². The van der Waals surface area contributed by atoms with E-state index in [4.69, 9.17) is 55.9 Å². The van der Waals surface area contributed by atoms with E-state index in [0.29, 0.717) is 37.4 Å². The molecular weight excluding hydrogens is 453 g/mol. The standard InChI is InChI=1S/C16H16Cl4F3NO3/c17-12-8-11(25-7-4-14(19)20)9-13(18)15(12)26-6-3-1-2-5-24-27-10-16(21,22)23/h4-5,8-9H,1-3,6-7,10H2/b24-5+. The van der Waals surface area contributed by atoms with Gasteiger partial charge in [0.1, 0.15) is 16.8 Å². The van der Waals surface area contributed by atoms with Crippen LogP contribution in [0.3, 0.4) is 0 Å². The van der Waals surface area contributed by atoms with E-state index in [1.807, 2.05) is 0 Å². The zero-order valence-corrected chi connectivity index (χ0v) is 16.9. The van der Waals surface area contributed by atoms with Crippen molar-refractivity contribution in [2.24, 2.45) is 5.16 Å². The number of nitrogens with zero attached hydrogens (tertiary/aromatic N) is 1. The molecule has 27 heavy (non-hydrogen) atoms. The molecule has 0 atom stereocenters. The van der Waals surface area contributed by atoms with Crippen LogP contribution in [-0.2, 0) is 4.84 Å². The molecule has 0 unspecified atom stereocenters. The van der Waals surface area contributed by atoms with Gasteiger partial charge < -0.3 is 14.3 Å². The maximum atomic E-state index is 11.8. The Morgan fingerprint density at radius 2 is 1.74 bits per heavy atom. The molecule has 0 aromatic heterocycles. The van der Waals surface area contributed by atoms with E-state index < -0.39 is 12.8 Å². The first kappa shape index (κ1) is 24.0. The average Bonchev–Trinajstić information content (AvgIpc) is 2.54. The second-order valence-corrected chi connectivity index (χ2v) is 6.86. The molecule has 0 aliphatic heterocycles. The predicted molar refractivity (Wildman–Crippen MR) is 102 cm³/mol.